The summed E-state index contributed by atoms with van der Waals surface area (Å²) in [5.74, 6) is 0.190. The van der Waals surface area contributed by atoms with Crippen molar-refractivity contribution in [1.82, 2.24) is 5.32 Å². The maximum atomic E-state index is 11.7. The topological polar surface area (TPSA) is 47.6 Å². The number of benzene rings is 1. The second-order valence-electron chi connectivity index (χ2n) is 5.04. The molecule has 1 aromatic carbocycles. The van der Waals surface area contributed by atoms with Gasteiger partial charge in [0.05, 0.1) is 4.83 Å². The van der Waals surface area contributed by atoms with Crippen LogP contribution in [0.1, 0.15) is 18.9 Å². The Bertz CT molecular complexity index is 426. The van der Waals surface area contributed by atoms with E-state index < -0.39 is 0 Å². The first-order valence-electron chi connectivity index (χ1n) is 6.85. The molecule has 0 aliphatic carbocycles. The standard InChI is InChI=1S/C15H20BrNO3/c1-11-7-8-17-15(14(11)16)20-10-13(18)19-9-12-5-3-2-4-6-12/h2-6,11,14-15,17H,7-10H2,1H3. The molecular weight excluding hydrogens is 322 g/mol. The minimum Gasteiger partial charge on any atom is -0.459 e. The highest BCUT2D eigenvalue weighted by atomic mass is 79.9. The van der Waals surface area contributed by atoms with Crippen LogP contribution in [0.3, 0.4) is 0 Å². The molecule has 5 heteroatoms. The van der Waals surface area contributed by atoms with Crippen LogP contribution in [0.4, 0.5) is 0 Å². The van der Waals surface area contributed by atoms with Gasteiger partial charge in [0.15, 0.2) is 0 Å². The van der Waals surface area contributed by atoms with E-state index >= 15 is 0 Å². The zero-order valence-corrected chi connectivity index (χ0v) is 13.1. The number of hydrogen-bond donors (Lipinski definition) is 1. The normalized spacial score (nSPS) is 26.2. The van der Waals surface area contributed by atoms with E-state index in [1.165, 1.54) is 0 Å². The fraction of sp³-hybridized carbons (Fsp3) is 0.533. The molecule has 0 radical (unpaired) electrons. The van der Waals surface area contributed by atoms with Crippen molar-refractivity contribution in [3.63, 3.8) is 0 Å². The molecule has 2 rings (SSSR count). The van der Waals surface area contributed by atoms with Crippen LogP contribution >= 0.6 is 15.9 Å². The summed E-state index contributed by atoms with van der Waals surface area (Å²) in [6.07, 6.45) is 0.969. The fourth-order valence-corrected chi connectivity index (χ4v) is 2.72. The largest absolute Gasteiger partial charge is 0.459 e. The van der Waals surface area contributed by atoms with Crippen molar-refractivity contribution in [3.05, 3.63) is 35.9 Å². The van der Waals surface area contributed by atoms with Gasteiger partial charge in [0.2, 0.25) is 0 Å². The van der Waals surface area contributed by atoms with E-state index in [9.17, 15) is 4.79 Å². The minimum absolute atomic E-state index is 0.0285. The first kappa shape index (κ1) is 15.5. The zero-order chi connectivity index (χ0) is 14.4. The maximum absolute atomic E-state index is 11.7. The first-order valence-corrected chi connectivity index (χ1v) is 7.77. The highest BCUT2D eigenvalue weighted by molar-refractivity contribution is 9.09. The Balaban J connectivity index is 1.70. The van der Waals surface area contributed by atoms with Gasteiger partial charge in [-0.2, -0.15) is 0 Å². The van der Waals surface area contributed by atoms with Crippen molar-refractivity contribution in [3.8, 4) is 0 Å². The van der Waals surface area contributed by atoms with E-state index in [1.54, 1.807) is 0 Å². The number of ether oxygens (including phenoxy) is 2. The molecule has 3 atom stereocenters. The van der Waals surface area contributed by atoms with E-state index in [0.29, 0.717) is 5.92 Å². The van der Waals surface area contributed by atoms with E-state index in [4.69, 9.17) is 9.47 Å². The molecular formula is C15H20BrNO3. The molecule has 0 amide bonds. The van der Waals surface area contributed by atoms with Crippen molar-refractivity contribution in [2.75, 3.05) is 13.2 Å². The quantitative estimate of drug-likeness (QED) is 0.660. The summed E-state index contributed by atoms with van der Waals surface area (Å²) in [7, 11) is 0. The van der Waals surface area contributed by atoms with Gasteiger partial charge in [-0.25, -0.2) is 4.79 Å². The number of carbonyl (C=O) groups excluding carboxylic acids is 1. The lowest BCUT2D eigenvalue weighted by molar-refractivity contribution is -0.153. The molecule has 1 aliphatic heterocycles. The Morgan fingerprint density at radius 3 is 2.90 bits per heavy atom. The molecule has 1 aromatic rings. The number of nitrogens with one attached hydrogen (secondary N) is 1. The number of carbonyl (C=O) groups is 1. The summed E-state index contributed by atoms with van der Waals surface area (Å²) in [6.45, 7) is 3.34. The monoisotopic (exact) mass is 341 g/mol. The summed E-state index contributed by atoms with van der Waals surface area (Å²) >= 11 is 3.61. The minimum atomic E-state index is -0.339. The number of hydrogen-bond acceptors (Lipinski definition) is 4. The number of halogens is 1. The van der Waals surface area contributed by atoms with Crippen LogP contribution < -0.4 is 5.32 Å². The SMILES string of the molecule is CC1CCNC(OCC(=O)OCc2ccccc2)C1Br. The second-order valence-corrected chi connectivity index (χ2v) is 6.10. The number of alkyl halides is 1. The van der Waals surface area contributed by atoms with Crippen LogP contribution in [-0.4, -0.2) is 30.2 Å². The van der Waals surface area contributed by atoms with Crippen molar-refractivity contribution in [2.24, 2.45) is 5.92 Å². The molecule has 1 aliphatic rings. The molecule has 3 unspecified atom stereocenters. The third-order valence-corrected chi connectivity index (χ3v) is 4.78. The Hall–Kier alpha value is -0.910. The second kappa shape index (κ2) is 7.76. The highest BCUT2D eigenvalue weighted by Gasteiger charge is 2.29. The lowest BCUT2D eigenvalue weighted by Gasteiger charge is -2.33. The summed E-state index contributed by atoms with van der Waals surface area (Å²) in [6, 6.07) is 9.62. The molecule has 1 N–H and O–H groups in total. The number of rotatable bonds is 5. The molecule has 4 nitrogen and oxygen atoms in total. The molecule has 0 spiro atoms. The van der Waals surface area contributed by atoms with Gasteiger partial charge in [-0.1, -0.05) is 53.2 Å². The van der Waals surface area contributed by atoms with Crippen LogP contribution in [0.15, 0.2) is 30.3 Å². The van der Waals surface area contributed by atoms with Gasteiger partial charge < -0.3 is 9.47 Å². The predicted molar refractivity (Wildman–Crippen MR) is 80.5 cm³/mol. The lowest BCUT2D eigenvalue weighted by atomic mass is 9.99. The summed E-state index contributed by atoms with van der Waals surface area (Å²) in [4.78, 5) is 11.9. The summed E-state index contributed by atoms with van der Waals surface area (Å²) < 4.78 is 10.8. The Morgan fingerprint density at radius 1 is 1.40 bits per heavy atom. The summed E-state index contributed by atoms with van der Waals surface area (Å²) in [5.41, 5.74) is 0.976. The molecule has 0 saturated carbocycles. The van der Waals surface area contributed by atoms with Gasteiger partial charge in [-0.15, -0.1) is 0 Å². The van der Waals surface area contributed by atoms with Gasteiger partial charge >= 0.3 is 5.97 Å². The Morgan fingerprint density at radius 2 is 2.15 bits per heavy atom. The predicted octanol–water partition coefficient (Wildman–Crippen LogP) is 2.47. The zero-order valence-electron chi connectivity index (χ0n) is 11.5. The lowest BCUT2D eigenvalue weighted by Crippen LogP contribution is -2.48. The third-order valence-electron chi connectivity index (χ3n) is 3.40. The van der Waals surface area contributed by atoms with Gasteiger partial charge in [0.1, 0.15) is 19.4 Å². The smallest absolute Gasteiger partial charge is 0.332 e. The van der Waals surface area contributed by atoms with Crippen molar-refractivity contribution < 1.29 is 14.3 Å². The van der Waals surface area contributed by atoms with E-state index in [-0.39, 0.29) is 30.2 Å². The average Bonchev–Trinajstić information content (AvgIpc) is 2.48. The van der Waals surface area contributed by atoms with Crippen molar-refractivity contribution in [1.29, 1.82) is 0 Å². The van der Waals surface area contributed by atoms with Crippen LogP contribution in [0.25, 0.3) is 0 Å². The van der Waals surface area contributed by atoms with Crippen LogP contribution in [0.2, 0.25) is 0 Å². The number of piperidine rings is 1. The molecule has 0 aromatic heterocycles. The fourth-order valence-electron chi connectivity index (χ4n) is 2.11. The maximum Gasteiger partial charge on any atom is 0.332 e. The van der Waals surface area contributed by atoms with E-state index in [0.717, 1.165) is 18.5 Å². The summed E-state index contributed by atoms with van der Waals surface area (Å²) in [5, 5.41) is 3.25. The van der Waals surface area contributed by atoms with Crippen LogP contribution in [0.5, 0.6) is 0 Å². The van der Waals surface area contributed by atoms with Crippen molar-refractivity contribution in [2.45, 2.75) is 31.0 Å². The molecule has 0 bridgehead atoms. The Kier molecular flexibility index (Phi) is 6.01. The molecule has 110 valence electrons. The van der Waals surface area contributed by atoms with E-state index in [1.807, 2.05) is 30.3 Å². The first-order chi connectivity index (χ1) is 9.66. The molecule has 20 heavy (non-hydrogen) atoms. The highest BCUT2D eigenvalue weighted by Crippen LogP contribution is 2.24. The average molecular weight is 342 g/mol. The molecule has 1 fully saturated rings. The van der Waals surface area contributed by atoms with Gasteiger partial charge in [0, 0.05) is 0 Å². The Labute approximate surface area is 128 Å². The number of esters is 1. The van der Waals surface area contributed by atoms with Gasteiger partial charge in [-0.3, -0.25) is 5.32 Å². The molecule has 1 saturated heterocycles. The molecule has 1 heterocycles. The van der Waals surface area contributed by atoms with Gasteiger partial charge in [-0.05, 0) is 24.4 Å². The van der Waals surface area contributed by atoms with Crippen LogP contribution in [0, 0.1) is 5.92 Å². The van der Waals surface area contributed by atoms with Gasteiger partial charge in [0.25, 0.3) is 0 Å². The van der Waals surface area contributed by atoms with E-state index in [2.05, 4.69) is 28.2 Å². The van der Waals surface area contributed by atoms with Crippen LogP contribution in [-0.2, 0) is 20.9 Å². The third kappa shape index (κ3) is 4.58. The van der Waals surface area contributed by atoms with Crippen molar-refractivity contribution >= 4 is 21.9 Å².